The van der Waals surface area contributed by atoms with Gasteiger partial charge in [-0.15, -0.1) is 0 Å². The van der Waals surface area contributed by atoms with Gasteiger partial charge in [-0.1, -0.05) is 0 Å². The smallest absolute Gasteiger partial charge is 0.123 e. The first-order chi connectivity index (χ1) is 6.03. The molecule has 1 aliphatic carbocycles. The number of rotatable bonds is 1. The van der Waals surface area contributed by atoms with Crippen molar-refractivity contribution in [1.82, 2.24) is 4.98 Å². The van der Waals surface area contributed by atoms with E-state index in [0.29, 0.717) is 5.82 Å². The van der Waals surface area contributed by atoms with Crippen LogP contribution in [0.25, 0.3) is 0 Å². The van der Waals surface area contributed by atoms with Gasteiger partial charge in [-0.25, -0.2) is 4.98 Å². The summed E-state index contributed by atoms with van der Waals surface area (Å²) in [6.45, 7) is 4.03. The van der Waals surface area contributed by atoms with Gasteiger partial charge in [0.1, 0.15) is 5.82 Å². The van der Waals surface area contributed by atoms with Crippen LogP contribution < -0.4 is 11.5 Å². The largest absolute Gasteiger partial charge is 0.384 e. The average Bonchev–Trinajstić information content (AvgIpc) is 2.65. The van der Waals surface area contributed by atoms with Crippen molar-refractivity contribution in [2.24, 2.45) is 5.73 Å². The third kappa shape index (κ3) is 1.29. The van der Waals surface area contributed by atoms with Gasteiger partial charge in [-0.05, 0) is 43.9 Å². The first-order valence-electron chi connectivity index (χ1n) is 4.56. The van der Waals surface area contributed by atoms with Crippen molar-refractivity contribution < 1.29 is 0 Å². The standard InChI is InChI=1S/C10H15N3/c1-6-5-8(11)13-7(2)9(6)10(12)3-4-10/h5H,3-4,12H2,1-2H3,(H2,11,13). The number of nitrogens with zero attached hydrogens (tertiary/aromatic N) is 1. The lowest BCUT2D eigenvalue weighted by Crippen LogP contribution is -2.22. The summed E-state index contributed by atoms with van der Waals surface area (Å²) < 4.78 is 0. The lowest BCUT2D eigenvalue weighted by Gasteiger charge is -2.15. The van der Waals surface area contributed by atoms with Crippen molar-refractivity contribution in [2.45, 2.75) is 32.2 Å². The molecule has 2 rings (SSSR count). The molecular weight excluding hydrogens is 162 g/mol. The summed E-state index contributed by atoms with van der Waals surface area (Å²) in [6.07, 6.45) is 2.14. The van der Waals surface area contributed by atoms with Crippen LogP contribution in [0.3, 0.4) is 0 Å². The van der Waals surface area contributed by atoms with Crippen molar-refractivity contribution in [1.29, 1.82) is 0 Å². The number of pyridine rings is 1. The van der Waals surface area contributed by atoms with Gasteiger partial charge in [0.15, 0.2) is 0 Å². The van der Waals surface area contributed by atoms with Crippen molar-refractivity contribution >= 4 is 5.82 Å². The van der Waals surface area contributed by atoms with Crippen LogP contribution in [0.15, 0.2) is 6.07 Å². The van der Waals surface area contributed by atoms with E-state index in [9.17, 15) is 0 Å². The van der Waals surface area contributed by atoms with E-state index in [0.717, 1.165) is 18.5 Å². The molecule has 0 unspecified atom stereocenters. The molecule has 0 saturated heterocycles. The zero-order valence-corrected chi connectivity index (χ0v) is 8.09. The minimum atomic E-state index is -0.102. The Bertz CT molecular complexity index is 330. The van der Waals surface area contributed by atoms with Gasteiger partial charge in [0.2, 0.25) is 0 Å². The highest BCUT2D eigenvalue weighted by molar-refractivity contribution is 5.45. The fraction of sp³-hybridized carbons (Fsp3) is 0.500. The summed E-state index contributed by atoms with van der Waals surface area (Å²) in [7, 11) is 0. The number of anilines is 1. The monoisotopic (exact) mass is 177 g/mol. The number of aromatic nitrogens is 1. The topological polar surface area (TPSA) is 64.9 Å². The summed E-state index contributed by atoms with van der Waals surface area (Å²) >= 11 is 0. The van der Waals surface area contributed by atoms with Gasteiger partial charge in [0.05, 0.1) is 0 Å². The van der Waals surface area contributed by atoms with E-state index in [1.165, 1.54) is 11.1 Å². The molecule has 0 radical (unpaired) electrons. The molecule has 1 aromatic heterocycles. The van der Waals surface area contributed by atoms with Crippen LogP contribution in [0.4, 0.5) is 5.82 Å². The Morgan fingerprint density at radius 1 is 1.38 bits per heavy atom. The third-order valence-corrected chi connectivity index (χ3v) is 2.70. The van der Waals surface area contributed by atoms with Gasteiger partial charge in [-0.3, -0.25) is 0 Å². The van der Waals surface area contributed by atoms with Crippen LogP contribution >= 0.6 is 0 Å². The van der Waals surface area contributed by atoms with E-state index >= 15 is 0 Å². The predicted octanol–water partition coefficient (Wildman–Crippen LogP) is 1.23. The fourth-order valence-electron chi connectivity index (χ4n) is 2.00. The SMILES string of the molecule is Cc1cc(N)nc(C)c1C1(N)CC1. The van der Waals surface area contributed by atoms with Gasteiger partial charge < -0.3 is 11.5 Å². The molecule has 1 heterocycles. The normalized spacial score (nSPS) is 18.7. The van der Waals surface area contributed by atoms with Crippen LogP contribution in [0.1, 0.15) is 29.7 Å². The zero-order chi connectivity index (χ0) is 9.64. The van der Waals surface area contributed by atoms with E-state index in [4.69, 9.17) is 11.5 Å². The molecular formula is C10H15N3. The molecule has 0 aromatic carbocycles. The molecule has 4 N–H and O–H groups in total. The molecule has 13 heavy (non-hydrogen) atoms. The summed E-state index contributed by atoms with van der Waals surface area (Å²) in [6, 6.07) is 1.90. The average molecular weight is 177 g/mol. The van der Waals surface area contributed by atoms with E-state index < -0.39 is 0 Å². The summed E-state index contributed by atoms with van der Waals surface area (Å²) in [5, 5.41) is 0. The second-order valence-electron chi connectivity index (χ2n) is 3.98. The number of nitrogen functional groups attached to an aromatic ring is 1. The van der Waals surface area contributed by atoms with E-state index in [1.54, 1.807) is 0 Å². The molecule has 0 aliphatic heterocycles. The van der Waals surface area contributed by atoms with Crippen molar-refractivity contribution in [3.8, 4) is 0 Å². The zero-order valence-electron chi connectivity index (χ0n) is 8.09. The Morgan fingerprint density at radius 2 is 2.00 bits per heavy atom. The third-order valence-electron chi connectivity index (χ3n) is 2.70. The summed E-state index contributed by atoms with van der Waals surface area (Å²) in [4.78, 5) is 4.24. The molecule has 1 aliphatic rings. The highest BCUT2D eigenvalue weighted by Crippen LogP contribution is 2.45. The Morgan fingerprint density at radius 3 is 2.46 bits per heavy atom. The molecule has 0 atom stereocenters. The lowest BCUT2D eigenvalue weighted by molar-refractivity contribution is 0.719. The Kier molecular flexibility index (Phi) is 1.60. The van der Waals surface area contributed by atoms with Gasteiger partial charge in [0, 0.05) is 11.2 Å². The van der Waals surface area contributed by atoms with Gasteiger partial charge >= 0.3 is 0 Å². The van der Waals surface area contributed by atoms with Crippen LogP contribution in [-0.4, -0.2) is 4.98 Å². The molecule has 3 heteroatoms. The maximum atomic E-state index is 6.14. The molecule has 3 nitrogen and oxygen atoms in total. The number of aryl methyl sites for hydroxylation is 2. The fourth-order valence-corrected chi connectivity index (χ4v) is 2.00. The van der Waals surface area contributed by atoms with Crippen molar-refractivity contribution in [2.75, 3.05) is 5.73 Å². The van der Waals surface area contributed by atoms with Gasteiger partial charge in [-0.2, -0.15) is 0 Å². The summed E-state index contributed by atoms with van der Waals surface area (Å²) in [5.41, 5.74) is 15.0. The van der Waals surface area contributed by atoms with Crippen LogP contribution in [0.2, 0.25) is 0 Å². The maximum absolute atomic E-state index is 6.14. The van der Waals surface area contributed by atoms with Crippen LogP contribution in [0.5, 0.6) is 0 Å². The second-order valence-corrected chi connectivity index (χ2v) is 3.98. The molecule has 0 bridgehead atoms. The quantitative estimate of drug-likeness (QED) is 0.678. The van der Waals surface area contributed by atoms with E-state index in [-0.39, 0.29) is 5.54 Å². The van der Waals surface area contributed by atoms with Gasteiger partial charge in [0.25, 0.3) is 0 Å². The lowest BCUT2D eigenvalue weighted by atomic mass is 9.99. The molecule has 0 spiro atoms. The minimum absolute atomic E-state index is 0.102. The summed E-state index contributed by atoms with van der Waals surface area (Å²) in [5.74, 6) is 0.586. The van der Waals surface area contributed by atoms with Crippen molar-refractivity contribution in [3.05, 3.63) is 22.9 Å². The highest BCUT2D eigenvalue weighted by Gasteiger charge is 2.42. The second kappa shape index (κ2) is 2.45. The molecule has 0 amide bonds. The van der Waals surface area contributed by atoms with Crippen molar-refractivity contribution in [3.63, 3.8) is 0 Å². The first-order valence-corrected chi connectivity index (χ1v) is 4.56. The Labute approximate surface area is 78.1 Å². The number of hydrogen-bond acceptors (Lipinski definition) is 3. The predicted molar refractivity (Wildman–Crippen MR) is 53.2 cm³/mol. The number of nitrogens with two attached hydrogens (primary N) is 2. The maximum Gasteiger partial charge on any atom is 0.123 e. The molecule has 1 aromatic rings. The minimum Gasteiger partial charge on any atom is -0.384 e. The molecule has 1 fully saturated rings. The Balaban J connectivity index is 2.57. The Hall–Kier alpha value is -1.09. The highest BCUT2D eigenvalue weighted by atomic mass is 14.9. The van der Waals surface area contributed by atoms with E-state index in [2.05, 4.69) is 4.98 Å². The first kappa shape index (κ1) is 8.51. The molecule has 70 valence electrons. The number of hydrogen-bond donors (Lipinski definition) is 2. The molecule has 1 saturated carbocycles. The van der Waals surface area contributed by atoms with Crippen LogP contribution in [0, 0.1) is 13.8 Å². The van der Waals surface area contributed by atoms with Crippen LogP contribution in [-0.2, 0) is 5.54 Å². The van der Waals surface area contributed by atoms with E-state index in [1.807, 2.05) is 19.9 Å².